The van der Waals surface area contributed by atoms with Crippen molar-refractivity contribution in [3.05, 3.63) is 34.9 Å². The second-order valence-corrected chi connectivity index (χ2v) is 7.77. The predicted octanol–water partition coefficient (Wildman–Crippen LogP) is 3.02. The van der Waals surface area contributed by atoms with Crippen molar-refractivity contribution in [3.63, 3.8) is 0 Å². The van der Waals surface area contributed by atoms with E-state index in [2.05, 4.69) is 5.32 Å². The highest BCUT2D eigenvalue weighted by molar-refractivity contribution is 6.31. The summed E-state index contributed by atoms with van der Waals surface area (Å²) in [6, 6.07) is 7.78. The lowest BCUT2D eigenvalue weighted by molar-refractivity contribution is -0.153. The number of nitrogens with zero attached hydrogens (tertiary/aromatic N) is 1. The van der Waals surface area contributed by atoms with Gasteiger partial charge in [-0.25, -0.2) is 0 Å². The largest absolute Gasteiger partial charge is 0.370 e. The monoisotopic (exact) mass is 348 g/mol. The molecule has 4 nitrogen and oxygen atoms in total. The van der Waals surface area contributed by atoms with E-state index in [4.69, 9.17) is 16.3 Å². The van der Waals surface area contributed by atoms with Crippen LogP contribution < -0.4 is 5.32 Å². The highest BCUT2D eigenvalue weighted by atomic mass is 35.5. The molecule has 1 aliphatic carbocycles. The van der Waals surface area contributed by atoms with Gasteiger partial charge >= 0.3 is 0 Å². The van der Waals surface area contributed by atoms with E-state index >= 15 is 0 Å². The Morgan fingerprint density at radius 3 is 3.08 bits per heavy atom. The number of halogens is 1. The number of amides is 1. The first-order chi connectivity index (χ1) is 11.7. The van der Waals surface area contributed by atoms with Gasteiger partial charge in [-0.1, -0.05) is 42.6 Å². The average Bonchev–Trinajstić information content (AvgIpc) is 3.07. The van der Waals surface area contributed by atoms with Crippen LogP contribution in [0.25, 0.3) is 0 Å². The normalized spacial score (nSPS) is 33.3. The van der Waals surface area contributed by atoms with Gasteiger partial charge in [0.05, 0.1) is 18.6 Å². The van der Waals surface area contributed by atoms with Crippen molar-refractivity contribution in [1.82, 2.24) is 10.2 Å². The molecule has 0 spiro atoms. The Balaban J connectivity index is 1.54. The van der Waals surface area contributed by atoms with Crippen molar-refractivity contribution < 1.29 is 9.53 Å². The molecule has 130 valence electrons. The third-order valence-electron chi connectivity index (χ3n) is 6.07. The van der Waals surface area contributed by atoms with Gasteiger partial charge < -0.3 is 15.0 Å². The van der Waals surface area contributed by atoms with Crippen LogP contribution >= 0.6 is 11.6 Å². The standard InChI is InChI=1S/C19H25ClN2O2/c20-16-7-2-1-6-15(16)17-12-22(9-10-24-17)18(23)19-8-4-3-5-14(19)11-21-13-19/h1-2,6-7,14,17,21H,3-5,8-13H2/t14-,17?,19+/m0/s1. The molecule has 4 rings (SSSR count). The Kier molecular flexibility index (Phi) is 4.54. The highest BCUT2D eigenvalue weighted by Gasteiger charge is 2.51. The molecular weight excluding hydrogens is 324 g/mol. The first-order valence-corrected chi connectivity index (χ1v) is 9.45. The fourth-order valence-corrected chi connectivity index (χ4v) is 5.00. The fourth-order valence-electron chi connectivity index (χ4n) is 4.74. The number of morpholine rings is 1. The molecule has 1 amide bonds. The number of carbonyl (C=O) groups is 1. The average molecular weight is 349 g/mol. The number of rotatable bonds is 2. The maximum absolute atomic E-state index is 13.4. The molecule has 1 aromatic rings. The van der Waals surface area contributed by atoms with Crippen LogP contribution in [0, 0.1) is 11.3 Å². The van der Waals surface area contributed by atoms with Crippen molar-refractivity contribution in [2.75, 3.05) is 32.8 Å². The van der Waals surface area contributed by atoms with E-state index in [0.29, 0.717) is 36.5 Å². The van der Waals surface area contributed by atoms with Crippen LogP contribution in [0.5, 0.6) is 0 Å². The lowest BCUT2D eigenvalue weighted by atomic mass is 9.67. The molecule has 3 fully saturated rings. The van der Waals surface area contributed by atoms with E-state index in [1.165, 1.54) is 19.3 Å². The number of hydrogen-bond acceptors (Lipinski definition) is 3. The minimum atomic E-state index is -0.180. The molecule has 0 radical (unpaired) electrons. The number of carbonyl (C=O) groups excluding carboxylic acids is 1. The molecule has 24 heavy (non-hydrogen) atoms. The Labute approximate surface area is 148 Å². The second kappa shape index (κ2) is 6.66. The summed E-state index contributed by atoms with van der Waals surface area (Å²) >= 11 is 6.33. The lowest BCUT2D eigenvalue weighted by Crippen LogP contribution is -2.53. The minimum absolute atomic E-state index is 0.121. The van der Waals surface area contributed by atoms with Crippen molar-refractivity contribution >= 4 is 17.5 Å². The summed E-state index contributed by atoms with van der Waals surface area (Å²) in [6.45, 7) is 3.70. The first kappa shape index (κ1) is 16.4. The van der Waals surface area contributed by atoms with Crippen LogP contribution in [0.2, 0.25) is 5.02 Å². The molecule has 2 saturated heterocycles. The quantitative estimate of drug-likeness (QED) is 0.893. The van der Waals surface area contributed by atoms with Crippen molar-refractivity contribution in [1.29, 1.82) is 0 Å². The number of nitrogens with one attached hydrogen (secondary N) is 1. The van der Waals surface area contributed by atoms with E-state index in [1.807, 2.05) is 29.2 Å². The van der Waals surface area contributed by atoms with Gasteiger partial charge in [0.25, 0.3) is 0 Å². The van der Waals surface area contributed by atoms with Crippen LogP contribution in [0.1, 0.15) is 37.4 Å². The van der Waals surface area contributed by atoms with Gasteiger partial charge in [-0.3, -0.25) is 4.79 Å². The summed E-state index contributed by atoms with van der Waals surface area (Å²) in [5.74, 6) is 0.831. The molecule has 5 heteroatoms. The van der Waals surface area contributed by atoms with E-state index in [0.717, 1.165) is 25.1 Å². The maximum atomic E-state index is 13.4. The molecular formula is C19H25ClN2O2. The molecule has 2 heterocycles. The summed E-state index contributed by atoms with van der Waals surface area (Å²) in [5.41, 5.74) is 0.805. The number of fused-ring (bicyclic) bond motifs is 1. The number of hydrogen-bond donors (Lipinski definition) is 1. The van der Waals surface area contributed by atoms with Gasteiger partial charge in [0.15, 0.2) is 0 Å². The van der Waals surface area contributed by atoms with Gasteiger partial charge in [0.1, 0.15) is 6.10 Å². The maximum Gasteiger partial charge on any atom is 0.230 e. The van der Waals surface area contributed by atoms with Crippen molar-refractivity contribution in [2.45, 2.75) is 31.8 Å². The van der Waals surface area contributed by atoms with Gasteiger partial charge in [0.2, 0.25) is 5.91 Å². The van der Waals surface area contributed by atoms with Gasteiger partial charge in [0, 0.05) is 23.7 Å². The van der Waals surface area contributed by atoms with Gasteiger partial charge in [-0.15, -0.1) is 0 Å². The second-order valence-electron chi connectivity index (χ2n) is 7.36. The Hall–Kier alpha value is -1.10. The first-order valence-electron chi connectivity index (χ1n) is 9.07. The van der Waals surface area contributed by atoms with Crippen molar-refractivity contribution in [3.8, 4) is 0 Å². The molecule has 1 aromatic carbocycles. The smallest absolute Gasteiger partial charge is 0.230 e. The third kappa shape index (κ3) is 2.75. The zero-order valence-electron chi connectivity index (χ0n) is 14.0. The lowest BCUT2D eigenvalue weighted by Gasteiger charge is -2.43. The van der Waals surface area contributed by atoms with E-state index in [-0.39, 0.29) is 11.5 Å². The van der Waals surface area contributed by atoms with E-state index < -0.39 is 0 Å². The summed E-state index contributed by atoms with van der Waals surface area (Å²) in [4.78, 5) is 15.4. The van der Waals surface area contributed by atoms with Crippen molar-refractivity contribution in [2.24, 2.45) is 11.3 Å². The zero-order valence-corrected chi connectivity index (χ0v) is 14.7. The number of ether oxygens (including phenoxy) is 1. The molecule has 1 N–H and O–H groups in total. The Morgan fingerprint density at radius 2 is 2.21 bits per heavy atom. The van der Waals surface area contributed by atoms with Crippen LogP contribution in [0.3, 0.4) is 0 Å². The van der Waals surface area contributed by atoms with Crippen LogP contribution in [0.4, 0.5) is 0 Å². The highest BCUT2D eigenvalue weighted by Crippen LogP contribution is 2.45. The molecule has 1 saturated carbocycles. The minimum Gasteiger partial charge on any atom is -0.370 e. The predicted molar refractivity (Wildman–Crippen MR) is 94.0 cm³/mol. The van der Waals surface area contributed by atoms with Crippen LogP contribution in [-0.2, 0) is 9.53 Å². The summed E-state index contributed by atoms with van der Waals surface area (Å²) < 4.78 is 5.93. The van der Waals surface area contributed by atoms with Crippen LogP contribution in [0.15, 0.2) is 24.3 Å². The van der Waals surface area contributed by atoms with E-state index in [9.17, 15) is 4.79 Å². The Bertz CT molecular complexity index is 623. The number of benzene rings is 1. The molecule has 1 unspecified atom stereocenters. The zero-order chi connectivity index (χ0) is 16.6. The summed E-state index contributed by atoms with van der Waals surface area (Å²) in [6.07, 6.45) is 4.51. The topological polar surface area (TPSA) is 41.6 Å². The molecule has 3 aliphatic rings. The molecule has 2 aliphatic heterocycles. The SMILES string of the molecule is O=C(N1CCOC(c2ccccc2Cl)C1)[C@@]12CCCC[C@H]1CNC2. The summed E-state index contributed by atoms with van der Waals surface area (Å²) in [7, 11) is 0. The Morgan fingerprint density at radius 1 is 1.33 bits per heavy atom. The molecule has 0 bridgehead atoms. The fraction of sp³-hybridized carbons (Fsp3) is 0.632. The van der Waals surface area contributed by atoms with E-state index in [1.54, 1.807) is 0 Å². The molecule has 0 aromatic heterocycles. The van der Waals surface area contributed by atoms with Gasteiger partial charge in [-0.2, -0.15) is 0 Å². The molecule has 3 atom stereocenters. The van der Waals surface area contributed by atoms with Crippen LogP contribution in [-0.4, -0.2) is 43.6 Å². The summed E-state index contributed by atoms with van der Waals surface area (Å²) in [5, 5.41) is 4.19. The third-order valence-corrected chi connectivity index (χ3v) is 6.41. The van der Waals surface area contributed by atoms with Gasteiger partial charge in [-0.05, 0) is 31.4 Å².